The van der Waals surface area contributed by atoms with Gasteiger partial charge in [0.05, 0.1) is 21.7 Å². The van der Waals surface area contributed by atoms with Crippen LogP contribution in [0, 0.1) is 10.1 Å². The second-order valence-electron chi connectivity index (χ2n) is 5.07. The summed E-state index contributed by atoms with van der Waals surface area (Å²) in [5, 5.41) is 22.5. The zero-order chi connectivity index (χ0) is 18.2. The van der Waals surface area contributed by atoms with Crippen LogP contribution in [0.3, 0.4) is 0 Å². The van der Waals surface area contributed by atoms with Crippen LogP contribution in [0.2, 0.25) is 0 Å². The number of thiazole rings is 1. The van der Waals surface area contributed by atoms with E-state index in [9.17, 15) is 28.4 Å². The first kappa shape index (κ1) is 16.9. The van der Waals surface area contributed by atoms with Gasteiger partial charge in [0.25, 0.3) is 5.69 Å². The number of hydrogen-bond acceptors (Lipinski definition) is 5. The van der Waals surface area contributed by atoms with Gasteiger partial charge < -0.3 is 5.11 Å². The highest BCUT2D eigenvalue weighted by atomic mass is 32.1. The molecule has 0 atom stereocenters. The fourth-order valence-electron chi connectivity index (χ4n) is 2.17. The molecule has 1 N–H and O–H groups in total. The lowest BCUT2D eigenvalue weighted by Crippen LogP contribution is -2.04. The van der Waals surface area contributed by atoms with E-state index in [-0.39, 0.29) is 11.3 Å². The first-order chi connectivity index (χ1) is 11.8. The largest absolute Gasteiger partial charge is 0.507 e. The third-order valence-corrected chi connectivity index (χ3v) is 4.31. The number of phenols is 1. The van der Waals surface area contributed by atoms with Crippen molar-refractivity contribution in [2.24, 2.45) is 0 Å². The average molecular weight is 366 g/mol. The predicted octanol–water partition coefficient (Wildman–Crippen LogP) is 5.11. The molecule has 0 unspecified atom stereocenters. The van der Waals surface area contributed by atoms with Crippen molar-refractivity contribution in [3.8, 4) is 27.6 Å². The molecule has 0 bridgehead atoms. The van der Waals surface area contributed by atoms with E-state index >= 15 is 0 Å². The van der Waals surface area contributed by atoms with Crippen molar-refractivity contribution in [1.29, 1.82) is 0 Å². The van der Waals surface area contributed by atoms with Crippen LogP contribution in [-0.4, -0.2) is 15.0 Å². The van der Waals surface area contributed by atoms with Gasteiger partial charge in [0.15, 0.2) is 0 Å². The molecule has 0 aliphatic rings. The van der Waals surface area contributed by atoms with Crippen LogP contribution >= 0.6 is 11.3 Å². The third-order valence-electron chi connectivity index (χ3n) is 3.43. The summed E-state index contributed by atoms with van der Waals surface area (Å²) in [5.74, 6) is -0.514. The zero-order valence-corrected chi connectivity index (χ0v) is 13.1. The molecular weight excluding hydrogens is 357 g/mol. The standard InChI is InChI=1S/C16H9F3N2O3S/c17-16(18,19)10-3-6-12(14(22)7-10)15-20-13(8-25-15)9-1-4-11(5-2-9)21(23)24/h1-8,22H. The van der Waals surface area contributed by atoms with E-state index in [0.717, 1.165) is 23.5 Å². The fraction of sp³-hybridized carbons (Fsp3) is 0.0625. The maximum Gasteiger partial charge on any atom is 0.416 e. The number of nitro groups is 1. The van der Waals surface area contributed by atoms with E-state index in [1.807, 2.05) is 0 Å². The minimum absolute atomic E-state index is 0.0559. The number of halogens is 3. The first-order valence-electron chi connectivity index (χ1n) is 6.86. The summed E-state index contributed by atoms with van der Waals surface area (Å²) in [6, 6.07) is 8.43. The van der Waals surface area contributed by atoms with Crippen LogP contribution in [0.5, 0.6) is 5.75 Å². The van der Waals surface area contributed by atoms with Crippen LogP contribution in [0.1, 0.15) is 5.56 Å². The number of hydrogen-bond donors (Lipinski definition) is 1. The van der Waals surface area contributed by atoms with Gasteiger partial charge in [-0.25, -0.2) is 4.98 Å². The monoisotopic (exact) mass is 366 g/mol. The smallest absolute Gasteiger partial charge is 0.416 e. The normalized spacial score (nSPS) is 11.5. The molecule has 0 amide bonds. The molecule has 1 heterocycles. The van der Waals surface area contributed by atoms with Gasteiger partial charge >= 0.3 is 6.18 Å². The Morgan fingerprint density at radius 1 is 1.12 bits per heavy atom. The highest BCUT2D eigenvalue weighted by Crippen LogP contribution is 2.38. The molecule has 3 rings (SSSR count). The number of phenolic OH excluding ortho intramolecular Hbond substituents is 1. The maximum absolute atomic E-state index is 12.6. The minimum Gasteiger partial charge on any atom is -0.507 e. The molecule has 128 valence electrons. The van der Waals surface area contributed by atoms with Crippen molar-refractivity contribution in [2.75, 3.05) is 0 Å². The molecule has 0 radical (unpaired) electrons. The number of aromatic nitrogens is 1. The molecule has 0 spiro atoms. The van der Waals surface area contributed by atoms with Crippen molar-refractivity contribution < 1.29 is 23.2 Å². The summed E-state index contributed by atoms with van der Waals surface area (Å²) in [4.78, 5) is 14.4. The Labute approximate surface area is 143 Å². The lowest BCUT2D eigenvalue weighted by Gasteiger charge is -2.08. The molecule has 9 heteroatoms. The summed E-state index contributed by atoms with van der Waals surface area (Å²) >= 11 is 1.15. The van der Waals surface area contributed by atoms with Crippen molar-refractivity contribution in [2.45, 2.75) is 6.18 Å². The molecule has 1 aromatic heterocycles. The van der Waals surface area contributed by atoms with E-state index in [4.69, 9.17) is 0 Å². The number of rotatable bonds is 3. The molecule has 0 saturated carbocycles. The Balaban J connectivity index is 1.92. The highest BCUT2D eigenvalue weighted by Gasteiger charge is 2.31. The fourth-order valence-corrected chi connectivity index (χ4v) is 3.04. The van der Waals surface area contributed by atoms with Crippen molar-refractivity contribution in [3.63, 3.8) is 0 Å². The second kappa shape index (κ2) is 6.17. The number of non-ortho nitro benzene ring substituents is 1. The molecule has 5 nitrogen and oxygen atoms in total. The first-order valence-corrected chi connectivity index (χ1v) is 7.74. The second-order valence-corrected chi connectivity index (χ2v) is 5.93. The molecule has 25 heavy (non-hydrogen) atoms. The van der Waals surface area contributed by atoms with Crippen molar-refractivity contribution in [3.05, 3.63) is 63.5 Å². The maximum atomic E-state index is 12.6. The van der Waals surface area contributed by atoms with Gasteiger partial charge in [0, 0.05) is 23.1 Å². The Bertz CT molecular complexity index is 937. The average Bonchev–Trinajstić information content (AvgIpc) is 3.03. The summed E-state index contributed by atoms with van der Waals surface area (Å²) in [7, 11) is 0. The molecule has 2 aromatic carbocycles. The van der Waals surface area contributed by atoms with Gasteiger partial charge in [-0.2, -0.15) is 13.2 Å². The van der Waals surface area contributed by atoms with Crippen molar-refractivity contribution >= 4 is 17.0 Å². The van der Waals surface area contributed by atoms with Crippen LogP contribution < -0.4 is 0 Å². The van der Waals surface area contributed by atoms with Gasteiger partial charge in [-0.05, 0) is 30.3 Å². The lowest BCUT2D eigenvalue weighted by atomic mass is 10.1. The molecule has 0 saturated heterocycles. The lowest BCUT2D eigenvalue weighted by molar-refractivity contribution is -0.384. The van der Waals surface area contributed by atoms with Gasteiger partial charge in [0.2, 0.25) is 0 Å². The summed E-state index contributed by atoms with van der Waals surface area (Å²) in [6.07, 6.45) is -4.54. The van der Waals surface area contributed by atoms with E-state index in [1.165, 1.54) is 24.3 Å². The summed E-state index contributed by atoms with van der Waals surface area (Å²) in [6.45, 7) is 0. The van der Waals surface area contributed by atoms with Crippen LogP contribution in [0.4, 0.5) is 18.9 Å². The summed E-state index contributed by atoms with van der Waals surface area (Å²) in [5.41, 5.74) is 0.320. The van der Waals surface area contributed by atoms with E-state index in [1.54, 1.807) is 5.38 Å². The third kappa shape index (κ3) is 3.45. The zero-order valence-electron chi connectivity index (χ0n) is 12.3. The topological polar surface area (TPSA) is 76.3 Å². The number of aromatic hydroxyl groups is 1. The number of alkyl halides is 3. The van der Waals surface area contributed by atoms with Crippen LogP contribution in [0.15, 0.2) is 47.8 Å². The van der Waals surface area contributed by atoms with Crippen molar-refractivity contribution in [1.82, 2.24) is 4.98 Å². The Morgan fingerprint density at radius 2 is 1.80 bits per heavy atom. The predicted molar refractivity (Wildman–Crippen MR) is 86.3 cm³/mol. The SMILES string of the molecule is O=[N+]([O-])c1ccc(-c2csc(-c3ccc(C(F)(F)F)cc3O)n2)cc1. The molecule has 0 aliphatic carbocycles. The highest BCUT2D eigenvalue weighted by molar-refractivity contribution is 7.13. The Kier molecular flexibility index (Phi) is 4.17. The van der Waals surface area contributed by atoms with E-state index < -0.39 is 22.4 Å². The molecule has 3 aromatic rings. The van der Waals surface area contributed by atoms with E-state index in [2.05, 4.69) is 4.98 Å². The van der Waals surface area contributed by atoms with Crippen LogP contribution in [0.25, 0.3) is 21.8 Å². The quantitative estimate of drug-likeness (QED) is 0.516. The Hall–Kier alpha value is -2.94. The van der Waals surface area contributed by atoms with E-state index in [0.29, 0.717) is 22.3 Å². The van der Waals surface area contributed by atoms with Gasteiger partial charge in [-0.1, -0.05) is 0 Å². The number of nitrogens with zero attached hydrogens (tertiary/aromatic N) is 2. The molecular formula is C16H9F3N2O3S. The number of nitro benzene ring substituents is 1. The molecule has 0 aliphatic heterocycles. The van der Waals surface area contributed by atoms with Gasteiger partial charge in [-0.3, -0.25) is 10.1 Å². The van der Waals surface area contributed by atoms with Gasteiger partial charge in [-0.15, -0.1) is 11.3 Å². The number of benzene rings is 2. The van der Waals surface area contributed by atoms with Crippen LogP contribution in [-0.2, 0) is 6.18 Å². The minimum atomic E-state index is -4.54. The van der Waals surface area contributed by atoms with Gasteiger partial charge in [0.1, 0.15) is 10.8 Å². The summed E-state index contributed by atoms with van der Waals surface area (Å²) < 4.78 is 37.9. The molecule has 0 fully saturated rings. The Morgan fingerprint density at radius 3 is 2.36 bits per heavy atom.